The van der Waals surface area contributed by atoms with Crippen molar-refractivity contribution in [3.8, 4) is 11.4 Å². The van der Waals surface area contributed by atoms with Gasteiger partial charge in [0.15, 0.2) is 0 Å². The fraction of sp³-hybridized carbons (Fsp3) is 0.364. The molecule has 32 heavy (non-hydrogen) atoms. The summed E-state index contributed by atoms with van der Waals surface area (Å²) in [5.41, 5.74) is 1.41. The smallest absolute Gasteiger partial charge is 0.444 e. The first-order valence-corrected chi connectivity index (χ1v) is 10.3. The first kappa shape index (κ1) is 22.3. The van der Waals surface area contributed by atoms with Crippen molar-refractivity contribution in [1.82, 2.24) is 14.7 Å². The normalized spacial score (nSPS) is 15.0. The molecule has 1 aliphatic heterocycles. The molecule has 2 heterocycles. The molecule has 0 saturated carbocycles. The first-order valence-electron chi connectivity index (χ1n) is 9.92. The number of benzene rings is 2. The zero-order valence-electron chi connectivity index (χ0n) is 17.6. The van der Waals surface area contributed by atoms with E-state index in [1.165, 1.54) is 24.3 Å². The molecule has 6 nitrogen and oxygen atoms in total. The highest BCUT2D eigenvalue weighted by molar-refractivity contribution is 6.35. The lowest BCUT2D eigenvalue weighted by atomic mass is 9.94. The maximum atomic E-state index is 12.4. The Balaban J connectivity index is 1.62. The van der Waals surface area contributed by atoms with Crippen LogP contribution >= 0.6 is 11.6 Å². The summed E-state index contributed by atoms with van der Waals surface area (Å²) in [6.07, 6.45) is -5.14. The second-order valence-corrected chi connectivity index (χ2v) is 8.96. The topological polar surface area (TPSA) is 56.6 Å². The van der Waals surface area contributed by atoms with Crippen LogP contribution in [-0.2, 0) is 4.74 Å². The van der Waals surface area contributed by atoms with Gasteiger partial charge in [-0.15, -0.1) is 13.2 Å². The van der Waals surface area contributed by atoms with Gasteiger partial charge in [-0.1, -0.05) is 17.7 Å². The molecule has 1 aliphatic rings. The number of carbonyl (C=O) groups excluding carboxylic acids is 1. The van der Waals surface area contributed by atoms with Gasteiger partial charge in [0.2, 0.25) is 0 Å². The number of hydrogen-bond donors (Lipinski definition) is 0. The summed E-state index contributed by atoms with van der Waals surface area (Å²) in [5, 5.41) is 5.96. The second-order valence-electron chi connectivity index (χ2n) is 8.55. The minimum atomic E-state index is -4.76. The summed E-state index contributed by atoms with van der Waals surface area (Å²) in [5.74, 6) is -0.359. The van der Waals surface area contributed by atoms with E-state index in [9.17, 15) is 18.0 Å². The summed E-state index contributed by atoms with van der Waals surface area (Å²) in [6.45, 7) is 6.29. The average molecular weight is 468 g/mol. The van der Waals surface area contributed by atoms with Crippen LogP contribution in [-0.4, -0.2) is 45.8 Å². The van der Waals surface area contributed by atoms with Crippen LogP contribution in [0.3, 0.4) is 0 Å². The molecule has 0 unspecified atom stereocenters. The second kappa shape index (κ2) is 7.88. The number of fused-ring (bicyclic) bond motifs is 1. The van der Waals surface area contributed by atoms with Crippen LogP contribution in [0.25, 0.3) is 16.6 Å². The van der Waals surface area contributed by atoms with Gasteiger partial charge in [0.05, 0.1) is 21.9 Å². The van der Waals surface area contributed by atoms with Gasteiger partial charge in [-0.2, -0.15) is 5.10 Å². The summed E-state index contributed by atoms with van der Waals surface area (Å²) in [6, 6.07) is 10.8. The number of aromatic nitrogens is 2. The van der Waals surface area contributed by atoms with Crippen LogP contribution in [0.5, 0.6) is 5.75 Å². The largest absolute Gasteiger partial charge is 0.573 e. The molecular formula is C22H21ClF3N3O3. The standard InChI is InChI=1S/C22H21ClF3N3O3/c1-21(2,3)32-20(30)28-11-13(12-28)19-18-16(23)5-4-6-17(18)29(27-19)14-7-9-15(10-8-14)31-22(24,25)26/h4-10,13H,11-12H2,1-3H3. The number of hydrogen-bond acceptors (Lipinski definition) is 4. The van der Waals surface area contributed by atoms with Crippen LogP contribution < -0.4 is 4.74 Å². The van der Waals surface area contributed by atoms with E-state index < -0.39 is 12.0 Å². The molecule has 4 rings (SSSR count). The monoisotopic (exact) mass is 467 g/mol. The van der Waals surface area contributed by atoms with E-state index in [4.69, 9.17) is 21.4 Å². The quantitative estimate of drug-likeness (QED) is 0.480. The summed E-state index contributed by atoms with van der Waals surface area (Å²) in [7, 11) is 0. The molecule has 170 valence electrons. The molecule has 2 aromatic carbocycles. The Morgan fingerprint density at radius 3 is 2.34 bits per heavy atom. The lowest BCUT2D eigenvalue weighted by molar-refractivity contribution is -0.274. The molecule has 1 amide bonds. The van der Waals surface area contributed by atoms with Crippen molar-refractivity contribution in [2.24, 2.45) is 0 Å². The number of rotatable bonds is 3. The van der Waals surface area contributed by atoms with Gasteiger partial charge in [-0.05, 0) is 57.2 Å². The van der Waals surface area contributed by atoms with Crippen molar-refractivity contribution < 1.29 is 27.4 Å². The Kier molecular flexibility index (Phi) is 5.48. The molecule has 0 aliphatic carbocycles. The third-order valence-electron chi connectivity index (χ3n) is 4.92. The van der Waals surface area contributed by atoms with Gasteiger partial charge in [-0.25, -0.2) is 9.48 Å². The minimum Gasteiger partial charge on any atom is -0.444 e. The lowest BCUT2D eigenvalue weighted by Gasteiger charge is -2.39. The van der Waals surface area contributed by atoms with Crippen molar-refractivity contribution in [3.63, 3.8) is 0 Å². The Bertz CT molecular complexity index is 1150. The van der Waals surface area contributed by atoms with Gasteiger partial charge < -0.3 is 14.4 Å². The Hall–Kier alpha value is -2.94. The van der Waals surface area contributed by atoms with Crippen LogP contribution in [0.2, 0.25) is 5.02 Å². The van der Waals surface area contributed by atoms with E-state index in [0.29, 0.717) is 29.3 Å². The predicted molar refractivity (Wildman–Crippen MR) is 113 cm³/mol. The van der Waals surface area contributed by atoms with Gasteiger partial charge in [0.25, 0.3) is 0 Å². The van der Waals surface area contributed by atoms with E-state index in [0.717, 1.165) is 11.1 Å². The predicted octanol–water partition coefficient (Wildman–Crippen LogP) is 5.91. The van der Waals surface area contributed by atoms with E-state index >= 15 is 0 Å². The summed E-state index contributed by atoms with van der Waals surface area (Å²) >= 11 is 6.47. The fourth-order valence-corrected chi connectivity index (χ4v) is 3.82. The number of nitrogens with zero attached hydrogens (tertiary/aromatic N) is 3. The van der Waals surface area contributed by atoms with Crippen LogP contribution in [0, 0.1) is 0 Å². The number of alkyl halides is 3. The SMILES string of the molecule is CC(C)(C)OC(=O)N1CC(c2nn(-c3ccc(OC(F)(F)F)cc3)c3cccc(Cl)c23)C1. The van der Waals surface area contributed by atoms with Crippen molar-refractivity contribution >= 4 is 28.6 Å². The summed E-state index contributed by atoms with van der Waals surface area (Å²) < 4.78 is 48.3. The van der Waals surface area contributed by atoms with Gasteiger partial charge in [0, 0.05) is 24.4 Å². The minimum absolute atomic E-state index is 0.0426. The number of amides is 1. The van der Waals surface area contributed by atoms with E-state index in [1.807, 2.05) is 26.8 Å². The van der Waals surface area contributed by atoms with Gasteiger partial charge in [0.1, 0.15) is 11.4 Å². The molecule has 0 spiro atoms. The zero-order chi connectivity index (χ0) is 23.3. The number of carbonyl (C=O) groups is 1. The molecular weight excluding hydrogens is 447 g/mol. The van der Waals surface area contributed by atoms with Gasteiger partial charge in [-0.3, -0.25) is 0 Å². The van der Waals surface area contributed by atoms with E-state index in [1.54, 1.807) is 21.7 Å². The molecule has 0 N–H and O–H groups in total. The van der Waals surface area contributed by atoms with Crippen molar-refractivity contribution in [3.05, 3.63) is 53.2 Å². The Labute approximate surface area is 187 Å². The van der Waals surface area contributed by atoms with Crippen molar-refractivity contribution in [2.45, 2.75) is 38.7 Å². The molecule has 1 fully saturated rings. The maximum absolute atomic E-state index is 12.4. The van der Waals surface area contributed by atoms with Crippen LogP contribution in [0.15, 0.2) is 42.5 Å². The van der Waals surface area contributed by atoms with E-state index in [-0.39, 0.29) is 17.8 Å². The molecule has 0 atom stereocenters. The molecule has 0 radical (unpaired) electrons. The van der Waals surface area contributed by atoms with Crippen LogP contribution in [0.4, 0.5) is 18.0 Å². The maximum Gasteiger partial charge on any atom is 0.573 e. The molecule has 10 heteroatoms. The third kappa shape index (κ3) is 4.62. The highest BCUT2D eigenvalue weighted by Gasteiger charge is 2.37. The number of ether oxygens (including phenoxy) is 2. The van der Waals surface area contributed by atoms with Crippen molar-refractivity contribution in [1.29, 1.82) is 0 Å². The van der Waals surface area contributed by atoms with E-state index in [2.05, 4.69) is 4.74 Å². The lowest BCUT2D eigenvalue weighted by Crippen LogP contribution is -2.50. The third-order valence-corrected chi connectivity index (χ3v) is 5.23. The highest BCUT2D eigenvalue weighted by atomic mass is 35.5. The average Bonchev–Trinajstić information content (AvgIpc) is 2.99. The summed E-state index contributed by atoms with van der Waals surface area (Å²) in [4.78, 5) is 13.9. The first-order chi connectivity index (χ1) is 14.9. The fourth-order valence-electron chi connectivity index (χ4n) is 3.55. The molecule has 0 bridgehead atoms. The zero-order valence-corrected chi connectivity index (χ0v) is 18.4. The number of halogens is 4. The van der Waals surface area contributed by atoms with Gasteiger partial charge >= 0.3 is 12.5 Å². The number of likely N-dealkylation sites (tertiary alicyclic amines) is 1. The Morgan fingerprint density at radius 2 is 1.75 bits per heavy atom. The van der Waals surface area contributed by atoms with Crippen LogP contribution in [0.1, 0.15) is 32.4 Å². The molecule has 3 aromatic rings. The van der Waals surface area contributed by atoms with Crippen molar-refractivity contribution in [2.75, 3.05) is 13.1 Å². The Morgan fingerprint density at radius 1 is 1.09 bits per heavy atom. The molecule has 1 aromatic heterocycles. The highest BCUT2D eigenvalue weighted by Crippen LogP contribution is 2.37. The molecule has 1 saturated heterocycles.